The van der Waals surface area contributed by atoms with Crippen molar-refractivity contribution >= 4 is 35.1 Å². The molecule has 0 bridgehead atoms. The Hall–Kier alpha value is -2.91. The summed E-state index contributed by atoms with van der Waals surface area (Å²) in [5.74, 6) is -0.942. The van der Waals surface area contributed by atoms with Gasteiger partial charge in [0.25, 0.3) is 11.5 Å². The number of Topliss-reactive ketones (excluding diaryl/α,β-unsaturated/α-hetero) is 1. The van der Waals surface area contributed by atoms with Gasteiger partial charge in [-0.15, -0.1) is 11.8 Å². The number of hydrogen-bond donors (Lipinski definition) is 3. The predicted octanol–water partition coefficient (Wildman–Crippen LogP) is 4.19. The summed E-state index contributed by atoms with van der Waals surface area (Å²) in [7, 11) is 0. The number of halogens is 1. The van der Waals surface area contributed by atoms with Crippen molar-refractivity contribution in [2.75, 3.05) is 12.9 Å². The van der Waals surface area contributed by atoms with E-state index in [4.69, 9.17) is 11.6 Å². The van der Waals surface area contributed by atoms with Crippen molar-refractivity contribution in [1.82, 2.24) is 9.88 Å². The maximum Gasteiger partial charge on any atom is 0.268 e. The van der Waals surface area contributed by atoms with Gasteiger partial charge in [-0.1, -0.05) is 37.6 Å². The van der Waals surface area contributed by atoms with Crippen LogP contribution in [0.1, 0.15) is 58.3 Å². The van der Waals surface area contributed by atoms with Crippen molar-refractivity contribution < 1.29 is 19.8 Å². The lowest BCUT2D eigenvalue weighted by molar-refractivity contribution is 0.0701. The number of nitrogens with zero attached hydrogens (tertiary/aromatic N) is 1. The Morgan fingerprint density at radius 1 is 1.11 bits per heavy atom. The highest BCUT2D eigenvalue weighted by molar-refractivity contribution is 7.98. The van der Waals surface area contributed by atoms with E-state index in [1.54, 1.807) is 48.2 Å². The molecular formula is C28H29ClN2O5S. The number of nitrogens with one attached hydrogen (secondary N) is 1. The molecule has 0 unspecified atom stereocenters. The van der Waals surface area contributed by atoms with E-state index in [1.165, 1.54) is 10.6 Å². The standard InChI is InChI=1S/C28H29ClN2O5S/c1-28(2)13-23-20(24(33)14-28)12-21(27(36)31(23)18-8-6-17(29)7-9-18)26(35)30-22(15-32)25(34)16-4-10-19(37-3)11-5-16/h4-12,22,25,32,34H,13-15H2,1-3H3,(H,30,35)/t22-,25+/m1/s1. The first-order valence-corrected chi connectivity index (χ1v) is 13.5. The first kappa shape index (κ1) is 27.1. The van der Waals surface area contributed by atoms with Gasteiger partial charge in [-0.05, 0) is 66.1 Å². The van der Waals surface area contributed by atoms with Gasteiger partial charge in [-0.3, -0.25) is 19.0 Å². The Morgan fingerprint density at radius 2 is 1.76 bits per heavy atom. The number of ketones is 1. The maximum absolute atomic E-state index is 13.7. The Balaban J connectivity index is 1.75. The third kappa shape index (κ3) is 5.67. The summed E-state index contributed by atoms with van der Waals surface area (Å²) in [5.41, 5.74) is 0.652. The number of carbonyl (C=O) groups excluding carboxylic acids is 2. The molecule has 1 aliphatic rings. The van der Waals surface area contributed by atoms with Crippen LogP contribution in [0.4, 0.5) is 0 Å². The first-order chi connectivity index (χ1) is 17.5. The summed E-state index contributed by atoms with van der Waals surface area (Å²) in [4.78, 5) is 41.1. The third-order valence-electron chi connectivity index (χ3n) is 6.57. The molecule has 1 aromatic heterocycles. The Bertz CT molecular complexity index is 1380. The van der Waals surface area contributed by atoms with Crippen LogP contribution < -0.4 is 10.9 Å². The van der Waals surface area contributed by atoms with E-state index < -0.39 is 30.2 Å². The number of thioether (sulfide) groups is 1. The zero-order chi connectivity index (χ0) is 26.9. The summed E-state index contributed by atoms with van der Waals surface area (Å²) < 4.78 is 1.39. The number of benzene rings is 2. The molecule has 0 fully saturated rings. The smallest absolute Gasteiger partial charge is 0.268 e. The van der Waals surface area contributed by atoms with Gasteiger partial charge in [0.05, 0.1) is 12.6 Å². The fraction of sp³-hybridized carbons (Fsp3) is 0.321. The van der Waals surface area contributed by atoms with Crippen molar-refractivity contribution in [3.05, 3.63) is 92.4 Å². The quantitative estimate of drug-likeness (QED) is 0.388. The van der Waals surface area contributed by atoms with E-state index in [2.05, 4.69) is 5.32 Å². The lowest BCUT2D eigenvalue weighted by Gasteiger charge is -2.32. The van der Waals surface area contributed by atoms with E-state index in [9.17, 15) is 24.6 Å². The van der Waals surface area contributed by atoms with Crippen LogP contribution in [0.3, 0.4) is 0 Å². The van der Waals surface area contributed by atoms with Crippen LogP contribution in [0, 0.1) is 5.41 Å². The highest BCUT2D eigenvalue weighted by atomic mass is 35.5. The van der Waals surface area contributed by atoms with Crippen LogP contribution in [-0.4, -0.2) is 45.4 Å². The molecule has 1 amide bonds. The first-order valence-electron chi connectivity index (χ1n) is 11.9. The number of amides is 1. The molecule has 37 heavy (non-hydrogen) atoms. The summed E-state index contributed by atoms with van der Waals surface area (Å²) in [5, 5.41) is 23.8. The molecule has 1 aliphatic carbocycles. The monoisotopic (exact) mass is 540 g/mol. The van der Waals surface area contributed by atoms with E-state index in [0.29, 0.717) is 34.0 Å². The molecule has 0 radical (unpaired) electrons. The molecule has 0 saturated carbocycles. The van der Waals surface area contributed by atoms with Gasteiger partial charge < -0.3 is 15.5 Å². The number of pyridine rings is 1. The largest absolute Gasteiger partial charge is 0.394 e. The van der Waals surface area contributed by atoms with Crippen molar-refractivity contribution in [2.24, 2.45) is 5.41 Å². The molecule has 2 aromatic carbocycles. The van der Waals surface area contributed by atoms with Gasteiger partial charge in [0.15, 0.2) is 5.78 Å². The Labute approximate surface area is 224 Å². The predicted molar refractivity (Wildman–Crippen MR) is 145 cm³/mol. The summed E-state index contributed by atoms with van der Waals surface area (Å²) in [6.45, 7) is 3.37. The molecule has 1 heterocycles. The number of fused-ring (bicyclic) bond motifs is 1. The van der Waals surface area contributed by atoms with Crippen molar-refractivity contribution in [2.45, 2.75) is 43.7 Å². The van der Waals surface area contributed by atoms with Crippen molar-refractivity contribution in [3.8, 4) is 5.69 Å². The molecule has 4 rings (SSSR count). The van der Waals surface area contributed by atoms with E-state index in [1.807, 2.05) is 32.2 Å². The van der Waals surface area contributed by atoms with Gasteiger partial charge in [0, 0.05) is 33.3 Å². The van der Waals surface area contributed by atoms with Crippen LogP contribution in [0.15, 0.2) is 64.3 Å². The minimum absolute atomic E-state index is 0.157. The van der Waals surface area contributed by atoms with Gasteiger partial charge in [-0.2, -0.15) is 0 Å². The number of carbonyl (C=O) groups is 2. The van der Waals surface area contributed by atoms with Crippen molar-refractivity contribution in [1.29, 1.82) is 0 Å². The molecule has 7 nitrogen and oxygen atoms in total. The highest BCUT2D eigenvalue weighted by Gasteiger charge is 2.35. The third-order valence-corrected chi connectivity index (χ3v) is 7.57. The summed E-state index contributed by atoms with van der Waals surface area (Å²) in [6, 6.07) is 14.0. The van der Waals surface area contributed by atoms with Gasteiger partial charge in [0.2, 0.25) is 0 Å². The molecule has 9 heteroatoms. The fourth-order valence-electron chi connectivity index (χ4n) is 4.64. The number of rotatable bonds is 7. The second-order valence-corrected chi connectivity index (χ2v) is 11.3. The minimum Gasteiger partial charge on any atom is -0.394 e. The van der Waals surface area contributed by atoms with Gasteiger partial charge in [-0.25, -0.2) is 0 Å². The molecule has 0 saturated heterocycles. The molecule has 194 valence electrons. The number of hydrogen-bond acceptors (Lipinski definition) is 6. The van der Waals surface area contributed by atoms with Gasteiger partial charge in [0.1, 0.15) is 11.7 Å². The normalized spacial score (nSPS) is 16.1. The zero-order valence-corrected chi connectivity index (χ0v) is 22.4. The average Bonchev–Trinajstić information content (AvgIpc) is 2.86. The maximum atomic E-state index is 13.7. The topological polar surface area (TPSA) is 109 Å². The second-order valence-electron chi connectivity index (χ2n) is 9.96. The van der Waals surface area contributed by atoms with Crippen LogP contribution in [-0.2, 0) is 6.42 Å². The zero-order valence-electron chi connectivity index (χ0n) is 20.8. The molecule has 2 atom stereocenters. The average molecular weight is 541 g/mol. The molecule has 0 aliphatic heterocycles. The van der Waals surface area contributed by atoms with Crippen LogP contribution in [0.2, 0.25) is 5.02 Å². The Morgan fingerprint density at radius 3 is 2.35 bits per heavy atom. The fourth-order valence-corrected chi connectivity index (χ4v) is 5.18. The molecule has 3 aromatic rings. The van der Waals surface area contributed by atoms with E-state index in [-0.39, 0.29) is 23.2 Å². The Kier molecular flexibility index (Phi) is 7.94. The molecular weight excluding hydrogens is 512 g/mol. The highest BCUT2D eigenvalue weighted by Crippen LogP contribution is 2.35. The number of aliphatic hydroxyl groups excluding tert-OH is 2. The molecule has 3 N–H and O–H groups in total. The lowest BCUT2D eigenvalue weighted by Crippen LogP contribution is -2.45. The summed E-state index contributed by atoms with van der Waals surface area (Å²) in [6.07, 6.45) is 1.48. The van der Waals surface area contributed by atoms with E-state index in [0.717, 1.165) is 4.90 Å². The van der Waals surface area contributed by atoms with Crippen LogP contribution in [0.5, 0.6) is 0 Å². The number of aliphatic hydroxyl groups is 2. The molecule has 0 spiro atoms. The minimum atomic E-state index is -1.21. The SMILES string of the molecule is CSc1ccc([C@H](O)[C@@H](CO)NC(=O)c2cc3c(n(-c4ccc(Cl)cc4)c2=O)CC(C)(C)CC3=O)cc1. The number of aromatic nitrogens is 1. The van der Waals surface area contributed by atoms with E-state index >= 15 is 0 Å². The van der Waals surface area contributed by atoms with Crippen molar-refractivity contribution in [3.63, 3.8) is 0 Å². The second kappa shape index (κ2) is 10.8. The summed E-state index contributed by atoms with van der Waals surface area (Å²) >= 11 is 7.60. The van der Waals surface area contributed by atoms with Crippen LogP contribution >= 0.6 is 23.4 Å². The van der Waals surface area contributed by atoms with Crippen LogP contribution in [0.25, 0.3) is 5.69 Å². The van der Waals surface area contributed by atoms with Gasteiger partial charge >= 0.3 is 0 Å². The lowest BCUT2D eigenvalue weighted by atomic mass is 9.75.